The van der Waals surface area contributed by atoms with Crippen LogP contribution in [0.1, 0.15) is 12.0 Å². The minimum absolute atomic E-state index is 0.162. The minimum Gasteiger partial charge on any atom is -0.493 e. The van der Waals surface area contributed by atoms with Gasteiger partial charge in [0.1, 0.15) is 5.75 Å². The molecule has 0 aliphatic carbocycles. The molecule has 8 heteroatoms. The third-order valence-electron chi connectivity index (χ3n) is 4.48. The molecule has 1 heterocycles. The summed E-state index contributed by atoms with van der Waals surface area (Å²) >= 11 is 0. The van der Waals surface area contributed by atoms with E-state index in [4.69, 9.17) is 4.74 Å². The van der Waals surface area contributed by atoms with Gasteiger partial charge in [-0.3, -0.25) is 0 Å². The molecular formula is C19H23N3O4S. The number of hydrogen-bond acceptors (Lipinski definition) is 4. The Kier molecular flexibility index (Phi) is 5.98. The van der Waals surface area contributed by atoms with E-state index in [2.05, 4.69) is 15.4 Å². The third kappa shape index (κ3) is 4.99. The van der Waals surface area contributed by atoms with Gasteiger partial charge in [-0.05, 0) is 54.7 Å². The van der Waals surface area contributed by atoms with Crippen molar-refractivity contribution in [3.05, 3.63) is 54.1 Å². The first-order valence-electron chi connectivity index (χ1n) is 8.77. The Balaban J connectivity index is 1.62. The maximum Gasteiger partial charge on any atom is 0.318 e. The summed E-state index contributed by atoms with van der Waals surface area (Å²) in [6, 6.07) is 13.5. The lowest BCUT2D eigenvalue weighted by atomic mass is 9.97. The summed E-state index contributed by atoms with van der Waals surface area (Å²) in [5.74, 6) is 1.04. The van der Waals surface area contributed by atoms with Gasteiger partial charge in [-0.15, -0.1) is 0 Å². The molecule has 1 atom stereocenters. The SMILES string of the molecule is CNC(=O)Nc1ccc(S(=O)(=O)NC[C@@H]2CCOc3ccccc3C2)cc1. The van der Waals surface area contributed by atoms with E-state index in [-0.39, 0.29) is 16.8 Å². The Morgan fingerprint density at radius 3 is 2.63 bits per heavy atom. The van der Waals surface area contributed by atoms with Crippen molar-refractivity contribution in [2.45, 2.75) is 17.7 Å². The van der Waals surface area contributed by atoms with Gasteiger partial charge in [0, 0.05) is 19.3 Å². The molecule has 144 valence electrons. The lowest BCUT2D eigenvalue weighted by Crippen LogP contribution is -2.30. The smallest absolute Gasteiger partial charge is 0.318 e. The number of ether oxygens (including phenoxy) is 1. The highest BCUT2D eigenvalue weighted by molar-refractivity contribution is 7.89. The summed E-state index contributed by atoms with van der Waals surface area (Å²) in [6.45, 7) is 0.918. The molecule has 0 saturated carbocycles. The Hall–Kier alpha value is -2.58. The topological polar surface area (TPSA) is 96.5 Å². The van der Waals surface area contributed by atoms with E-state index in [0.29, 0.717) is 18.8 Å². The summed E-state index contributed by atoms with van der Waals surface area (Å²) in [5, 5.41) is 5.03. The maximum absolute atomic E-state index is 12.6. The Labute approximate surface area is 159 Å². The fourth-order valence-electron chi connectivity index (χ4n) is 2.96. The van der Waals surface area contributed by atoms with E-state index < -0.39 is 10.0 Å². The lowest BCUT2D eigenvalue weighted by Gasteiger charge is -2.15. The zero-order chi connectivity index (χ0) is 19.3. The zero-order valence-electron chi connectivity index (χ0n) is 15.1. The van der Waals surface area contributed by atoms with Gasteiger partial charge in [-0.25, -0.2) is 17.9 Å². The molecule has 2 aromatic rings. The number of rotatable bonds is 5. The van der Waals surface area contributed by atoms with Crippen LogP contribution in [0.5, 0.6) is 5.75 Å². The summed E-state index contributed by atoms with van der Waals surface area (Å²) in [4.78, 5) is 11.5. The van der Waals surface area contributed by atoms with Crippen LogP contribution in [0.25, 0.3) is 0 Å². The van der Waals surface area contributed by atoms with Crippen molar-refractivity contribution in [3.8, 4) is 5.75 Å². The molecule has 0 aromatic heterocycles. The monoisotopic (exact) mass is 389 g/mol. The standard InChI is InChI=1S/C19H23N3O4S/c1-20-19(23)22-16-6-8-17(9-7-16)27(24,25)21-13-14-10-11-26-18-5-3-2-4-15(18)12-14/h2-9,14,21H,10-13H2,1H3,(H2,20,22,23)/t14-/m1/s1. The zero-order valence-corrected chi connectivity index (χ0v) is 15.9. The van der Waals surface area contributed by atoms with Crippen LogP contribution in [0.15, 0.2) is 53.4 Å². The van der Waals surface area contributed by atoms with Gasteiger partial charge < -0.3 is 15.4 Å². The van der Waals surface area contributed by atoms with Gasteiger partial charge in [-0.1, -0.05) is 18.2 Å². The van der Waals surface area contributed by atoms with E-state index in [1.807, 2.05) is 24.3 Å². The summed E-state index contributed by atoms with van der Waals surface area (Å²) in [5.41, 5.74) is 1.62. The molecule has 2 amide bonds. The summed E-state index contributed by atoms with van der Waals surface area (Å²) < 4.78 is 33.5. The van der Waals surface area contributed by atoms with Crippen LogP contribution in [0.3, 0.4) is 0 Å². The van der Waals surface area contributed by atoms with E-state index in [0.717, 1.165) is 24.2 Å². The average Bonchev–Trinajstić information content (AvgIpc) is 2.89. The van der Waals surface area contributed by atoms with Gasteiger partial charge in [0.15, 0.2) is 0 Å². The molecular weight excluding hydrogens is 366 g/mol. The molecule has 3 rings (SSSR count). The predicted molar refractivity (Wildman–Crippen MR) is 103 cm³/mol. The third-order valence-corrected chi connectivity index (χ3v) is 5.92. The van der Waals surface area contributed by atoms with Crippen LogP contribution in [0, 0.1) is 5.92 Å². The molecule has 7 nitrogen and oxygen atoms in total. The number of anilines is 1. The van der Waals surface area contributed by atoms with Crippen molar-refractivity contribution < 1.29 is 17.9 Å². The van der Waals surface area contributed by atoms with E-state index in [1.54, 1.807) is 12.1 Å². The Morgan fingerprint density at radius 2 is 1.89 bits per heavy atom. The van der Waals surface area contributed by atoms with Crippen LogP contribution in [0.4, 0.5) is 10.5 Å². The first-order valence-corrected chi connectivity index (χ1v) is 10.3. The van der Waals surface area contributed by atoms with Crippen molar-refractivity contribution >= 4 is 21.7 Å². The Morgan fingerprint density at radius 1 is 1.15 bits per heavy atom. The average molecular weight is 389 g/mol. The normalized spacial score (nSPS) is 16.6. The molecule has 1 aliphatic heterocycles. The number of amides is 2. The van der Waals surface area contributed by atoms with Crippen molar-refractivity contribution in [2.75, 3.05) is 25.5 Å². The van der Waals surface area contributed by atoms with Crippen LogP contribution in [0.2, 0.25) is 0 Å². The largest absolute Gasteiger partial charge is 0.493 e. The number of carbonyl (C=O) groups excluding carboxylic acids is 1. The fourth-order valence-corrected chi connectivity index (χ4v) is 4.07. The number of carbonyl (C=O) groups is 1. The first kappa shape index (κ1) is 19.2. The molecule has 1 aliphatic rings. The van der Waals surface area contributed by atoms with Crippen LogP contribution >= 0.6 is 0 Å². The second-order valence-corrected chi connectivity index (χ2v) is 8.16. The number of hydrogen-bond donors (Lipinski definition) is 3. The molecule has 2 aromatic carbocycles. The van der Waals surface area contributed by atoms with Gasteiger partial charge in [0.2, 0.25) is 10.0 Å². The fraction of sp³-hybridized carbons (Fsp3) is 0.316. The summed E-state index contributed by atoms with van der Waals surface area (Å²) in [6.07, 6.45) is 1.56. The second-order valence-electron chi connectivity index (χ2n) is 6.40. The number of urea groups is 1. The predicted octanol–water partition coefficient (Wildman–Crippen LogP) is 2.36. The van der Waals surface area contributed by atoms with Crippen molar-refractivity contribution in [1.82, 2.24) is 10.0 Å². The van der Waals surface area contributed by atoms with Crippen molar-refractivity contribution in [2.24, 2.45) is 5.92 Å². The quantitative estimate of drug-likeness (QED) is 0.731. The molecule has 0 bridgehead atoms. The van der Waals surface area contributed by atoms with Crippen LogP contribution < -0.4 is 20.1 Å². The molecule has 0 saturated heterocycles. The minimum atomic E-state index is -3.62. The van der Waals surface area contributed by atoms with Crippen molar-refractivity contribution in [3.63, 3.8) is 0 Å². The number of fused-ring (bicyclic) bond motifs is 1. The maximum atomic E-state index is 12.6. The van der Waals surface area contributed by atoms with Crippen LogP contribution in [-0.4, -0.2) is 34.6 Å². The van der Waals surface area contributed by atoms with Gasteiger partial charge in [0.25, 0.3) is 0 Å². The number of benzene rings is 2. The molecule has 0 radical (unpaired) electrons. The van der Waals surface area contributed by atoms with Gasteiger partial charge in [0.05, 0.1) is 11.5 Å². The second kappa shape index (κ2) is 8.41. The van der Waals surface area contributed by atoms with Gasteiger partial charge >= 0.3 is 6.03 Å². The molecule has 0 fully saturated rings. The van der Waals surface area contributed by atoms with Crippen LogP contribution in [-0.2, 0) is 16.4 Å². The summed E-state index contributed by atoms with van der Waals surface area (Å²) in [7, 11) is -2.11. The van der Waals surface area contributed by atoms with E-state index in [1.165, 1.54) is 19.2 Å². The highest BCUT2D eigenvalue weighted by atomic mass is 32.2. The number of sulfonamides is 1. The van der Waals surface area contributed by atoms with E-state index in [9.17, 15) is 13.2 Å². The number of nitrogens with one attached hydrogen (secondary N) is 3. The highest BCUT2D eigenvalue weighted by Crippen LogP contribution is 2.26. The lowest BCUT2D eigenvalue weighted by molar-refractivity contribution is 0.254. The van der Waals surface area contributed by atoms with Gasteiger partial charge in [-0.2, -0.15) is 0 Å². The number of para-hydroxylation sites is 1. The molecule has 0 spiro atoms. The van der Waals surface area contributed by atoms with Crippen molar-refractivity contribution in [1.29, 1.82) is 0 Å². The highest BCUT2D eigenvalue weighted by Gasteiger charge is 2.21. The van der Waals surface area contributed by atoms with E-state index >= 15 is 0 Å². The molecule has 27 heavy (non-hydrogen) atoms. The first-order chi connectivity index (χ1) is 13.0. The molecule has 0 unspecified atom stereocenters. The molecule has 3 N–H and O–H groups in total. The Bertz CT molecular complexity index is 897.